The molecule has 2 rings (SSSR count). The standard InChI is InChI=1S/C13H11N3O3/c1-9(10-5-3-2-4-6-10)16-12(18)11(17)15(8-7-14)13(16)19/h2-6,9H,8H2,1H3/t9-/m0/s1. The van der Waals surface area contributed by atoms with Gasteiger partial charge in [-0.15, -0.1) is 0 Å². The molecule has 4 amide bonds. The summed E-state index contributed by atoms with van der Waals surface area (Å²) in [4.78, 5) is 37.0. The number of benzene rings is 1. The van der Waals surface area contributed by atoms with Crippen molar-refractivity contribution in [2.24, 2.45) is 0 Å². The van der Waals surface area contributed by atoms with E-state index in [-0.39, 0.29) is 0 Å². The molecular weight excluding hydrogens is 246 g/mol. The Kier molecular flexibility index (Phi) is 3.29. The van der Waals surface area contributed by atoms with Crippen LogP contribution in [0.5, 0.6) is 0 Å². The van der Waals surface area contributed by atoms with Crippen LogP contribution in [-0.2, 0) is 9.59 Å². The highest BCUT2D eigenvalue weighted by Gasteiger charge is 2.46. The molecule has 6 heteroatoms. The van der Waals surface area contributed by atoms with Gasteiger partial charge in [-0.1, -0.05) is 30.3 Å². The van der Waals surface area contributed by atoms with Crippen LogP contribution in [0, 0.1) is 11.3 Å². The lowest BCUT2D eigenvalue weighted by Gasteiger charge is -2.21. The normalized spacial score (nSPS) is 16.7. The van der Waals surface area contributed by atoms with Crippen LogP contribution in [0.2, 0.25) is 0 Å². The maximum Gasteiger partial charge on any atom is 0.335 e. The van der Waals surface area contributed by atoms with Crippen molar-refractivity contribution < 1.29 is 14.4 Å². The van der Waals surface area contributed by atoms with E-state index in [1.54, 1.807) is 37.3 Å². The fraction of sp³-hybridized carbons (Fsp3) is 0.231. The number of amides is 4. The average Bonchev–Trinajstić information content (AvgIpc) is 2.64. The highest BCUT2D eigenvalue weighted by molar-refractivity contribution is 6.44. The van der Waals surface area contributed by atoms with Crippen molar-refractivity contribution in [2.75, 3.05) is 6.54 Å². The average molecular weight is 257 g/mol. The lowest BCUT2D eigenvalue weighted by Crippen LogP contribution is -2.35. The monoisotopic (exact) mass is 257 g/mol. The van der Waals surface area contributed by atoms with E-state index < -0.39 is 30.4 Å². The third-order valence-corrected chi connectivity index (χ3v) is 2.98. The number of nitriles is 1. The second-order valence-electron chi connectivity index (χ2n) is 4.09. The zero-order valence-corrected chi connectivity index (χ0v) is 10.2. The van der Waals surface area contributed by atoms with Crippen molar-refractivity contribution >= 4 is 17.8 Å². The maximum absolute atomic E-state index is 12.0. The first-order valence-electron chi connectivity index (χ1n) is 5.69. The molecule has 1 aliphatic rings. The van der Waals surface area contributed by atoms with Gasteiger partial charge in [0.25, 0.3) is 0 Å². The predicted molar refractivity (Wildman–Crippen MR) is 64.4 cm³/mol. The Morgan fingerprint density at radius 2 is 1.79 bits per heavy atom. The summed E-state index contributed by atoms with van der Waals surface area (Å²) >= 11 is 0. The van der Waals surface area contributed by atoms with Crippen LogP contribution < -0.4 is 0 Å². The lowest BCUT2D eigenvalue weighted by atomic mass is 10.1. The first-order chi connectivity index (χ1) is 9.07. The number of rotatable bonds is 3. The van der Waals surface area contributed by atoms with Gasteiger partial charge in [-0.25, -0.2) is 14.6 Å². The maximum atomic E-state index is 12.0. The second kappa shape index (κ2) is 4.90. The summed E-state index contributed by atoms with van der Waals surface area (Å²) < 4.78 is 0. The molecule has 96 valence electrons. The van der Waals surface area contributed by atoms with E-state index in [1.807, 2.05) is 6.07 Å². The van der Waals surface area contributed by atoms with Gasteiger partial charge < -0.3 is 0 Å². The third-order valence-electron chi connectivity index (χ3n) is 2.98. The van der Waals surface area contributed by atoms with Crippen LogP contribution in [-0.4, -0.2) is 34.2 Å². The van der Waals surface area contributed by atoms with E-state index in [0.717, 1.165) is 10.5 Å². The minimum absolute atomic E-state index is 0.415. The SMILES string of the molecule is C[C@@H](c1ccccc1)N1C(=O)C(=O)N(CC#N)C1=O. The molecule has 1 aliphatic heterocycles. The molecule has 6 nitrogen and oxygen atoms in total. The molecule has 0 N–H and O–H groups in total. The number of hydrogen-bond donors (Lipinski definition) is 0. The van der Waals surface area contributed by atoms with Crippen LogP contribution in [0.1, 0.15) is 18.5 Å². The van der Waals surface area contributed by atoms with Crippen molar-refractivity contribution in [3.05, 3.63) is 35.9 Å². The molecule has 0 aromatic heterocycles. The predicted octanol–water partition coefficient (Wildman–Crippen LogP) is 1.06. The van der Waals surface area contributed by atoms with Gasteiger partial charge in [0.2, 0.25) is 0 Å². The highest BCUT2D eigenvalue weighted by atomic mass is 16.2. The molecule has 0 radical (unpaired) electrons. The summed E-state index contributed by atoms with van der Waals surface area (Å²) in [6.07, 6.45) is 0. The molecular formula is C13H11N3O3. The molecule has 1 heterocycles. The van der Waals surface area contributed by atoms with E-state index in [9.17, 15) is 14.4 Å². The number of imide groups is 2. The fourth-order valence-electron chi connectivity index (χ4n) is 1.95. The Labute approximate surface area is 109 Å². The molecule has 1 aromatic rings. The quantitative estimate of drug-likeness (QED) is 0.460. The number of urea groups is 1. The largest absolute Gasteiger partial charge is 0.335 e. The molecule has 0 unspecified atom stereocenters. The van der Waals surface area contributed by atoms with E-state index in [1.165, 1.54) is 0 Å². The summed E-state index contributed by atoms with van der Waals surface area (Å²) in [5.41, 5.74) is 0.746. The van der Waals surface area contributed by atoms with E-state index in [2.05, 4.69) is 0 Å². The summed E-state index contributed by atoms with van der Waals surface area (Å²) in [7, 11) is 0. The fourth-order valence-corrected chi connectivity index (χ4v) is 1.95. The Hall–Kier alpha value is -2.68. The molecule has 1 atom stereocenters. The van der Waals surface area contributed by atoms with E-state index >= 15 is 0 Å². The molecule has 1 fully saturated rings. The van der Waals surface area contributed by atoms with Crippen LogP contribution in [0.4, 0.5) is 4.79 Å². The molecule has 0 aliphatic carbocycles. The first kappa shape index (κ1) is 12.8. The number of hydrogen-bond acceptors (Lipinski definition) is 4. The van der Waals surface area contributed by atoms with Gasteiger partial charge >= 0.3 is 17.8 Å². The number of carbonyl (C=O) groups is 3. The van der Waals surface area contributed by atoms with E-state index in [4.69, 9.17) is 5.26 Å². The third kappa shape index (κ3) is 2.06. The molecule has 1 aromatic carbocycles. The van der Waals surface area contributed by atoms with Gasteiger partial charge in [-0.3, -0.25) is 9.59 Å². The molecule has 0 saturated carbocycles. The smallest absolute Gasteiger partial charge is 0.263 e. The van der Waals surface area contributed by atoms with Crippen LogP contribution >= 0.6 is 0 Å². The first-order valence-corrected chi connectivity index (χ1v) is 5.69. The van der Waals surface area contributed by atoms with Crippen LogP contribution in [0.3, 0.4) is 0 Å². The number of nitrogens with zero attached hydrogens (tertiary/aromatic N) is 3. The van der Waals surface area contributed by atoms with Gasteiger partial charge in [0, 0.05) is 0 Å². The molecule has 1 saturated heterocycles. The van der Waals surface area contributed by atoms with Crippen molar-refractivity contribution in [1.29, 1.82) is 5.26 Å². The van der Waals surface area contributed by atoms with Crippen molar-refractivity contribution in [1.82, 2.24) is 9.80 Å². The van der Waals surface area contributed by atoms with Gasteiger partial charge in [0.05, 0.1) is 12.1 Å². The summed E-state index contributed by atoms with van der Waals surface area (Å²) in [5, 5.41) is 8.56. The van der Waals surface area contributed by atoms with Gasteiger partial charge in [0.1, 0.15) is 6.54 Å². The Morgan fingerprint density at radius 3 is 2.37 bits per heavy atom. The highest BCUT2D eigenvalue weighted by Crippen LogP contribution is 2.25. The van der Waals surface area contributed by atoms with Crippen LogP contribution in [0.25, 0.3) is 0 Å². The minimum Gasteiger partial charge on any atom is -0.263 e. The minimum atomic E-state index is -0.950. The topological polar surface area (TPSA) is 81.5 Å². The summed E-state index contributed by atoms with van der Waals surface area (Å²) in [6, 6.07) is 9.32. The Balaban J connectivity index is 2.31. The summed E-state index contributed by atoms with van der Waals surface area (Å²) in [5.74, 6) is -1.84. The van der Waals surface area contributed by atoms with Crippen molar-refractivity contribution in [2.45, 2.75) is 13.0 Å². The van der Waals surface area contributed by atoms with Gasteiger partial charge in [-0.2, -0.15) is 5.26 Å². The number of carbonyl (C=O) groups excluding carboxylic acids is 3. The second-order valence-corrected chi connectivity index (χ2v) is 4.09. The Bertz CT molecular complexity index is 577. The van der Waals surface area contributed by atoms with Crippen molar-refractivity contribution in [3.8, 4) is 6.07 Å². The van der Waals surface area contributed by atoms with E-state index in [0.29, 0.717) is 4.90 Å². The van der Waals surface area contributed by atoms with Crippen molar-refractivity contribution in [3.63, 3.8) is 0 Å². The molecule has 0 spiro atoms. The molecule has 19 heavy (non-hydrogen) atoms. The van der Waals surface area contributed by atoms with Crippen LogP contribution in [0.15, 0.2) is 30.3 Å². The zero-order valence-electron chi connectivity index (χ0n) is 10.2. The Morgan fingerprint density at radius 1 is 1.16 bits per heavy atom. The summed E-state index contributed by atoms with van der Waals surface area (Å²) in [6.45, 7) is 1.25. The van der Waals surface area contributed by atoms with Gasteiger partial charge in [-0.05, 0) is 12.5 Å². The zero-order chi connectivity index (χ0) is 14.0. The van der Waals surface area contributed by atoms with Gasteiger partial charge in [0.15, 0.2) is 0 Å². The lowest BCUT2D eigenvalue weighted by molar-refractivity contribution is -0.143. The molecule has 0 bridgehead atoms.